The summed E-state index contributed by atoms with van der Waals surface area (Å²) in [4.78, 5) is 23.0. The van der Waals surface area contributed by atoms with Crippen molar-refractivity contribution in [1.82, 2.24) is 9.97 Å². The molecule has 2 aromatic carbocycles. The number of nitrogens with zero attached hydrogens (tertiary/aromatic N) is 3. The van der Waals surface area contributed by atoms with Crippen LogP contribution in [0.4, 0.5) is 17.5 Å². The lowest BCUT2D eigenvalue weighted by Gasteiger charge is -2.18. The van der Waals surface area contributed by atoms with Gasteiger partial charge in [-0.3, -0.25) is 0 Å². The highest BCUT2D eigenvalue weighted by Gasteiger charge is 2.13. The minimum Gasteiger partial charge on any atom is -0.462 e. The molecule has 138 valence electrons. The van der Waals surface area contributed by atoms with Crippen LogP contribution >= 0.6 is 0 Å². The second-order valence-electron chi connectivity index (χ2n) is 5.97. The molecular formula is C21H22N4O2. The summed E-state index contributed by atoms with van der Waals surface area (Å²) in [5.41, 5.74) is 2.29. The molecule has 0 aliphatic rings. The van der Waals surface area contributed by atoms with Crippen LogP contribution in [0.2, 0.25) is 0 Å². The van der Waals surface area contributed by atoms with Crippen molar-refractivity contribution in [3.8, 4) is 0 Å². The van der Waals surface area contributed by atoms with E-state index in [1.54, 1.807) is 31.3 Å². The topological polar surface area (TPSA) is 67.3 Å². The number of ether oxygens (including phenoxy) is 1. The van der Waals surface area contributed by atoms with E-state index in [-0.39, 0.29) is 5.97 Å². The number of aromatic nitrogens is 2. The van der Waals surface area contributed by atoms with Crippen molar-refractivity contribution < 1.29 is 9.53 Å². The predicted octanol–water partition coefficient (Wildman–Crippen LogP) is 4.03. The molecule has 27 heavy (non-hydrogen) atoms. The van der Waals surface area contributed by atoms with Crippen molar-refractivity contribution >= 4 is 23.4 Å². The van der Waals surface area contributed by atoms with E-state index in [0.29, 0.717) is 36.2 Å². The van der Waals surface area contributed by atoms with Gasteiger partial charge in [0.15, 0.2) is 0 Å². The molecule has 6 nitrogen and oxygen atoms in total. The van der Waals surface area contributed by atoms with Gasteiger partial charge in [0.05, 0.1) is 17.9 Å². The number of rotatable bonds is 7. The van der Waals surface area contributed by atoms with E-state index in [9.17, 15) is 4.79 Å². The summed E-state index contributed by atoms with van der Waals surface area (Å²) >= 11 is 0. The number of anilines is 3. The molecule has 0 atom stereocenters. The molecular weight excluding hydrogens is 340 g/mol. The Labute approximate surface area is 158 Å². The Kier molecular flexibility index (Phi) is 5.99. The van der Waals surface area contributed by atoms with E-state index in [1.165, 1.54) is 5.56 Å². The third-order valence-electron chi connectivity index (χ3n) is 3.93. The van der Waals surface area contributed by atoms with Crippen LogP contribution in [0.1, 0.15) is 22.8 Å². The fourth-order valence-electron chi connectivity index (χ4n) is 2.65. The molecule has 0 aliphatic carbocycles. The van der Waals surface area contributed by atoms with Crippen molar-refractivity contribution in [3.05, 3.63) is 78.0 Å². The highest BCUT2D eigenvalue weighted by Crippen LogP contribution is 2.21. The molecule has 6 heteroatoms. The summed E-state index contributed by atoms with van der Waals surface area (Å²) in [5.74, 6) is 0.838. The van der Waals surface area contributed by atoms with Gasteiger partial charge in [-0.1, -0.05) is 42.5 Å². The highest BCUT2D eigenvalue weighted by molar-refractivity contribution is 5.96. The van der Waals surface area contributed by atoms with Crippen LogP contribution in [0.5, 0.6) is 0 Å². The normalized spacial score (nSPS) is 10.3. The first-order valence-electron chi connectivity index (χ1n) is 8.78. The number of hydrogen-bond acceptors (Lipinski definition) is 6. The fourth-order valence-corrected chi connectivity index (χ4v) is 2.65. The summed E-state index contributed by atoms with van der Waals surface area (Å²) in [6, 6.07) is 19.1. The number of nitrogens with one attached hydrogen (secondary N) is 1. The number of carbonyl (C=O) groups is 1. The lowest BCUT2D eigenvalue weighted by molar-refractivity contribution is 0.0527. The van der Waals surface area contributed by atoms with Crippen LogP contribution in [0.25, 0.3) is 0 Å². The maximum Gasteiger partial charge on any atom is 0.340 e. The largest absolute Gasteiger partial charge is 0.462 e. The van der Waals surface area contributed by atoms with E-state index in [2.05, 4.69) is 27.4 Å². The average Bonchev–Trinajstić information content (AvgIpc) is 2.69. The highest BCUT2D eigenvalue weighted by atomic mass is 16.5. The van der Waals surface area contributed by atoms with E-state index in [1.807, 2.05) is 42.3 Å². The first kappa shape index (κ1) is 18.4. The zero-order valence-corrected chi connectivity index (χ0v) is 15.4. The van der Waals surface area contributed by atoms with Crippen LogP contribution < -0.4 is 10.2 Å². The van der Waals surface area contributed by atoms with E-state index < -0.39 is 0 Å². The summed E-state index contributed by atoms with van der Waals surface area (Å²) in [7, 11) is 1.94. The van der Waals surface area contributed by atoms with E-state index >= 15 is 0 Å². The van der Waals surface area contributed by atoms with Crippen molar-refractivity contribution in [2.24, 2.45) is 0 Å². The summed E-state index contributed by atoms with van der Waals surface area (Å²) in [6.07, 6.45) is 1.69. The molecule has 1 N–H and O–H groups in total. The second-order valence-corrected chi connectivity index (χ2v) is 5.97. The molecule has 3 rings (SSSR count). The molecule has 0 saturated carbocycles. The number of para-hydroxylation sites is 1. The standard InChI is InChI=1S/C21H22N4O2/c1-3-27-20(26)17-11-7-8-12-18(17)23-19-13-14-22-21(24-19)25(2)15-16-9-5-4-6-10-16/h4-14H,3,15H2,1-2H3,(H,22,23,24). The van der Waals surface area contributed by atoms with Gasteiger partial charge in [-0.25, -0.2) is 9.78 Å². The van der Waals surface area contributed by atoms with Crippen LogP contribution in [0, 0.1) is 0 Å². The van der Waals surface area contributed by atoms with Crippen LogP contribution in [-0.2, 0) is 11.3 Å². The molecule has 0 fully saturated rings. The predicted molar refractivity (Wildman–Crippen MR) is 106 cm³/mol. The molecule has 0 unspecified atom stereocenters. The molecule has 0 spiro atoms. The quantitative estimate of drug-likeness (QED) is 0.640. The van der Waals surface area contributed by atoms with Crippen LogP contribution in [-0.4, -0.2) is 29.6 Å². The van der Waals surface area contributed by atoms with Crippen LogP contribution in [0.15, 0.2) is 66.9 Å². The summed E-state index contributed by atoms with van der Waals surface area (Å²) in [6.45, 7) is 2.81. The third kappa shape index (κ3) is 4.82. The van der Waals surface area contributed by atoms with Gasteiger partial charge in [0.1, 0.15) is 5.82 Å². The van der Waals surface area contributed by atoms with Crippen molar-refractivity contribution in [1.29, 1.82) is 0 Å². The van der Waals surface area contributed by atoms with Gasteiger partial charge in [-0.2, -0.15) is 4.98 Å². The Morgan fingerprint density at radius 3 is 2.59 bits per heavy atom. The number of hydrogen-bond donors (Lipinski definition) is 1. The molecule has 0 radical (unpaired) electrons. The van der Waals surface area contributed by atoms with E-state index in [0.717, 1.165) is 0 Å². The molecule has 1 heterocycles. The summed E-state index contributed by atoms with van der Waals surface area (Å²) in [5, 5.41) is 3.19. The Bertz CT molecular complexity index is 899. The second kappa shape index (κ2) is 8.80. The van der Waals surface area contributed by atoms with Crippen LogP contribution in [0.3, 0.4) is 0 Å². The van der Waals surface area contributed by atoms with Crippen molar-refractivity contribution in [2.45, 2.75) is 13.5 Å². The molecule has 1 aromatic heterocycles. The SMILES string of the molecule is CCOC(=O)c1ccccc1Nc1ccnc(N(C)Cc2ccccc2)n1. The van der Waals surface area contributed by atoms with Crippen molar-refractivity contribution in [2.75, 3.05) is 23.9 Å². The lowest BCUT2D eigenvalue weighted by atomic mass is 10.2. The third-order valence-corrected chi connectivity index (χ3v) is 3.93. The molecule has 0 aliphatic heterocycles. The average molecular weight is 362 g/mol. The minimum atomic E-state index is -0.365. The minimum absolute atomic E-state index is 0.328. The van der Waals surface area contributed by atoms with Gasteiger partial charge in [-0.15, -0.1) is 0 Å². The maximum absolute atomic E-state index is 12.1. The zero-order chi connectivity index (χ0) is 19.1. The summed E-state index contributed by atoms with van der Waals surface area (Å²) < 4.78 is 5.11. The molecule has 0 bridgehead atoms. The van der Waals surface area contributed by atoms with Gasteiger partial charge >= 0.3 is 5.97 Å². The zero-order valence-electron chi connectivity index (χ0n) is 15.4. The Morgan fingerprint density at radius 2 is 1.81 bits per heavy atom. The van der Waals surface area contributed by atoms with Gasteiger partial charge in [0.25, 0.3) is 0 Å². The Balaban J connectivity index is 1.78. The molecule has 0 amide bonds. The smallest absolute Gasteiger partial charge is 0.340 e. The maximum atomic E-state index is 12.1. The number of benzene rings is 2. The van der Waals surface area contributed by atoms with Gasteiger partial charge < -0.3 is 15.0 Å². The van der Waals surface area contributed by atoms with Gasteiger partial charge in [-0.05, 0) is 30.7 Å². The first-order valence-corrected chi connectivity index (χ1v) is 8.78. The van der Waals surface area contributed by atoms with Gasteiger partial charge in [0.2, 0.25) is 5.95 Å². The number of esters is 1. The first-order chi connectivity index (χ1) is 13.2. The number of carbonyl (C=O) groups excluding carboxylic acids is 1. The molecule has 0 saturated heterocycles. The lowest BCUT2D eigenvalue weighted by Crippen LogP contribution is -2.19. The Morgan fingerprint density at radius 1 is 1.07 bits per heavy atom. The fraction of sp³-hybridized carbons (Fsp3) is 0.190. The van der Waals surface area contributed by atoms with E-state index in [4.69, 9.17) is 4.74 Å². The molecule has 3 aromatic rings. The monoisotopic (exact) mass is 362 g/mol. The van der Waals surface area contributed by atoms with Crippen molar-refractivity contribution in [3.63, 3.8) is 0 Å². The van der Waals surface area contributed by atoms with Gasteiger partial charge in [0, 0.05) is 19.8 Å². The Hall–Kier alpha value is -3.41.